The molecule has 102 valence electrons. The first-order valence-corrected chi connectivity index (χ1v) is 6.57. The first-order chi connectivity index (χ1) is 8.43. The van der Waals surface area contributed by atoms with Crippen LogP contribution in [-0.4, -0.2) is 31.6 Å². The van der Waals surface area contributed by atoms with Gasteiger partial charge in [-0.15, -0.1) is 0 Å². The lowest BCUT2D eigenvalue weighted by Crippen LogP contribution is -2.42. The van der Waals surface area contributed by atoms with Crippen molar-refractivity contribution in [2.24, 2.45) is 5.92 Å². The average molecular weight is 252 g/mol. The summed E-state index contributed by atoms with van der Waals surface area (Å²) in [4.78, 5) is 2.21. The van der Waals surface area contributed by atoms with E-state index in [1.165, 1.54) is 6.07 Å². The number of nitrogens with zero attached hydrogens (tertiary/aromatic N) is 1. The fourth-order valence-electron chi connectivity index (χ4n) is 2.25. The van der Waals surface area contributed by atoms with Crippen LogP contribution in [0.2, 0.25) is 0 Å². The minimum absolute atomic E-state index is 0.0346. The van der Waals surface area contributed by atoms with E-state index in [2.05, 4.69) is 38.2 Å². The Hall–Kier alpha value is -0.930. The summed E-state index contributed by atoms with van der Waals surface area (Å²) in [6.45, 7) is 7.28. The van der Waals surface area contributed by atoms with Crippen LogP contribution in [0.1, 0.15) is 32.4 Å². The van der Waals surface area contributed by atoms with Crippen LogP contribution in [0.3, 0.4) is 0 Å². The Bertz CT molecular complexity index is 355. The van der Waals surface area contributed by atoms with Crippen LogP contribution in [0.5, 0.6) is 0 Å². The standard InChI is InChI=1S/C15H25FN2/c1-11(2)15(18(4)5)10-17-12(3)13-8-6-7-9-14(13)16/h6-9,11-12,15,17H,10H2,1-5H3. The van der Waals surface area contributed by atoms with Crippen LogP contribution in [0.15, 0.2) is 24.3 Å². The molecular formula is C15H25FN2. The maximum absolute atomic E-state index is 13.6. The summed E-state index contributed by atoms with van der Waals surface area (Å²) < 4.78 is 13.6. The Morgan fingerprint density at radius 1 is 1.17 bits per heavy atom. The van der Waals surface area contributed by atoms with Crippen LogP contribution in [0.4, 0.5) is 4.39 Å². The van der Waals surface area contributed by atoms with Crippen molar-refractivity contribution in [2.45, 2.75) is 32.9 Å². The highest BCUT2D eigenvalue weighted by atomic mass is 19.1. The number of likely N-dealkylation sites (N-methyl/N-ethyl adjacent to an activating group) is 1. The topological polar surface area (TPSA) is 15.3 Å². The first kappa shape index (κ1) is 15.1. The summed E-state index contributed by atoms with van der Waals surface area (Å²) in [6.07, 6.45) is 0. The van der Waals surface area contributed by atoms with Crippen LogP contribution in [0.25, 0.3) is 0 Å². The highest BCUT2D eigenvalue weighted by Crippen LogP contribution is 2.16. The molecule has 0 amide bonds. The van der Waals surface area contributed by atoms with Crippen LogP contribution in [0, 0.1) is 11.7 Å². The van der Waals surface area contributed by atoms with Gasteiger partial charge in [0.05, 0.1) is 0 Å². The zero-order chi connectivity index (χ0) is 13.7. The second-order valence-electron chi connectivity index (χ2n) is 5.43. The van der Waals surface area contributed by atoms with E-state index in [0.29, 0.717) is 12.0 Å². The number of hydrogen-bond donors (Lipinski definition) is 1. The van der Waals surface area contributed by atoms with Crippen molar-refractivity contribution in [1.82, 2.24) is 10.2 Å². The number of hydrogen-bond acceptors (Lipinski definition) is 2. The van der Waals surface area contributed by atoms with Gasteiger partial charge in [-0.05, 0) is 33.0 Å². The summed E-state index contributed by atoms with van der Waals surface area (Å²) in [5, 5.41) is 3.42. The largest absolute Gasteiger partial charge is 0.309 e. The summed E-state index contributed by atoms with van der Waals surface area (Å²) in [5.41, 5.74) is 0.735. The van der Waals surface area contributed by atoms with Gasteiger partial charge in [0, 0.05) is 24.2 Å². The van der Waals surface area contributed by atoms with Crippen LogP contribution < -0.4 is 5.32 Å². The Morgan fingerprint density at radius 2 is 1.78 bits per heavy atom. The molecule has 18 heavy (non-hydrogen) atoms. The predicted molar refractivity (Wildman–Crippen MR) is 75.1 cm³/mol. The zero-order valence-corrected chi connectivity index (χ0v) is 12.1. The molecule has 1 aromatic rings. The van der Waals surface area contributed by atoms with Gasteiger partial charge in [-0.1, -0.05) is 32.0 Å². The average Bonchev–Trinajstić information content (AvgIpc) is 2.28. The monoisotopic (exact) mass is 252 g/mol. The van der Waals surface area contributed by atoms with E-state index in [0.717, 1.165) is 12.1 Å². The van der Waals surface area contributed by atoms with Gasteiger partial charge >= 0.3 is 0 Å². The molecule has 0 saturated heterocycles. The van der Waals surface area contributed by atoms with E-state index in [-0.39, 0.29) is 11.9 Å². The molecule has 3 heteroatoms. The van der Waals surface area contributed by atoms with E-state index < -0.39 is 0 Å². The molecule has 0 radical (unpaired) electrons. The number of rotatable bonds is 6. The Balaban J connectivity index is 2.60. The first-order valence-electron chi connectivity index (χ1n) is 6.57. The molecule has 0 fully saturated rings. The predicted octanol–water partition coefficient (Wildman–Crippen LogP) is 3.06. The molecule has 0 aromatic heterocycles. The molecule has 0 bridgehead atoms. The van der Waals surface area contributed by atoms with E-state index in [1.54, 1.807) is 6.07 Å². The summed E-state index contributed by atoms with van der Waals surface area (Å²) in [7, 11) is 4.17. The third-order valence-electron chi connectivity index (χ3n) is 3.44. The number of halogens is 1. The molecule has 1 aromatic carbocycles. The van der Waals surface area contributed by atoms with Crippen molar-refractivity contribution < 1.29 is 4.39 Å². The minimum Gasteiger partial charge on any atom is -0.309 e. The highest BCUT2D eigenvalue weighted by molar-refractivity contribution is 5.20. The fraction of sp³-hybridized carbons (Fsp3) is 0.600. The third kappa shape index (κ3) is 4.07. The molecule has 0 spiro atoms. The van der Waals surface area contributed by atoms with Crippen molar-refractivity contribution >= 4 is 0 Å². The highest BCUT2D eigenvalue weighted by Gasteiger charge is 2.17. The summed E-state index contributed by atoms with van der Waals surface area (Å²) in [5.74, 6) is 0.434. The third-order valence-corrected chi connectivity index (χ3v) is 3.44. The number of benzene rings is 1. The van der Waals surface area contributed by atoms with Gasteiger partial charge in [0.1, 0.15) is 5.82 Å². The molecule has 2 atom stereocenters. The molecule has 2 unspecified atom stereocenters. The van der Waals surface area contributed by atoms with Crippen LogP contribution in [-0.2, 0) is 0 Å². The van der Waals surface area contributed by atoms with Gasteiger partial charge in [-0.3, -0.25) is 0 Å². The van der Waals surface area contributed by atoms with E-state index in [4.69, 9.17) is 0 Å². The lowest BCUT2D eigenvalue weighted by atomic mass is 10.0. The molecular weight excluding hydrogens is 227 g/mol. The Kier molecular flexibility index (Phi) is 5.76. The zero-order valence-electron chi connectivity index (χ0n) is 12.1. The van der Waals surface area contributed by atoms with Gasteiger partial charge in [0.15, 0.2) is 0 Å². The normalized spacial score (nSPS) is 15.1. The van der Waals surface area contributed by atoms with Crippen molar-refractivity contribution in [3.05, 3.63) is 35.6 Å². The lowest BCUT2D eigenvalue weighted by Gasteiger charge is -2.29. The van der Waals surface area contributed by atoms with Gasteiger partial charge < -0.3 is 10.2 Å². The SMILES string of the molecule is CC(NCC(C(C)C)N(C)C)c1ccccc1F. The van der Waals surface area contributed by atoms with Gasteiger partial charge in [-0.2, -0.15) is 0 Å². The maximum Gasteiger partial charge on any atom is 0.127 e. The number of nitrogens with one attached hydrogen (secondary N) is 1. The van der Waals surface area contributed by atoms with Gasteiger partial charge in [0.2, 0.25) is 0 Å². The quantitative estimate of drug-likeness (QED) is 0.837. The molecule has 0 heterocycles. The van der Waals surface area contributed by atoms with E-state index in [1.807, 2.05) is 19.1 Å². The Labute approximate surface area is 110 Å². The second kappa shape index (κ2) is 6.86. The van der Waals surface area contributed by atoms with Gasteiger partial charge in [-0.25, -0.2) is 4.39 Å². The van der Waals surface area contributed by atoms with Crippen molar-refractivity contribution in [3.63, 3.8) is 0 Å². The molecule has 1 rings (SSSR count). The van der Waals surface area contributed by atoms with Crippen molar-refractivity contribution in [3.8, 4) is 0 Å². The molecule has 0 aliphatic carbocycles. The molecule has 0 aliphatic rings. The maximum atomic E-state index is 13.6. The van der Waals surface area contributed by atoms with Gasteiger partial charge in [0.25, 0.3) is 0 Å². The summed E-state index contributed by atoms with van der Waals surface area (Å²) >= 11 is 0. The van der Waals surface area contributed by atoms with Crippen molar-refractivity contribution in [2.75, 3.05) is 20.6 Å². The summed E-state index contributed by atoms with van der Waals surface area (Å²) in [6, 6.07) is 7.45. The van der Waals surface area contributed by atoms with Crippen molar-refractivity contribution in [1.29, 1.82) is 0 Å². The Morgan fingerprint density at radius 3 is 2.28 bits per heavy atom. The van der Waals surface area contributed by atoms with E-state index >= 15 is 0 Å². The molecule has 0 aliphatic heterocycles. The lowest BCUT2D eigenvalue weighted by molar-refractivity contribution is 0.219. The van der Waals surface area contributed by atoms with Crippen LogP contribution >= 0.6 is 0 Å². The molecule has 1 N–H and O–H groups in total. The molecule has 0 saturated carbocycles. The van der Waals surface area contributed by atoms with E-state index in [9.17, 15) is 4.39 Å². The second-order valence-corrected chi connectivity index (χ2v) is 5.43. The fourth-order valence-corrected chi connectivity index (χ4v) is 2.25. The molecule has 2 nitrogen and oxygen atoms in total. The minimum atomic E-state index is -0.136. The smallest absolute Gasteiger partial charge is 0.127 e.